The van der Waals surface area contributed by atoms with Crippen LogP contribution in [-0.4, -0.2) is 35.4 Å². The van der Waals surface area contributed by atoms with E-state index in [4.69, 9.17) is 0 Å². The SMILES string of the molecule is O=C(CN1CCCCC1)Nc1nc2ccc(F)cc2s1. The first kappa shape index (κ1) is 13.5. The fraction of sp³-hybridized carbons (Fsp3) is 0.429. The lowest BCUT2D eigenvalue weighted by Gasteiger charge is -2.25. The van der Waals surface area contributed by atoms with E-state index in [-0.39, 0.29) is 11.7 Å². The second-order valence-electron chi connectivity index (χ2n) is 5.02. The number of halogens is 1. The van der Waals surface area contributed by atoms with Crippen LogP contribution < -0.4 is 5.32 Å². The molecule has 0 bridgehead atoms. The Labute approximate surface area is 120 Å². The van der Waals surface area contributed by atoms with E-state index < -0.39 is 0 Å². The molecule has 4 nitrogen and oxygen atoms in total. The summed E-state index contributed by atoms with van der Waals surface area (Å²) < 4.78 is 13.9. The van der Waals surface area contributed by atoms with Crippen LogP contribution in [0.15, 0.2) is 18.2 Å². The van der Waals surface area contributed by atoms with Gasteiger partial charge in [-0.15, -0.1) is 0 Å². The molecule has 1 aliphatic heterocycles. The van der Waals surface area contributed by atoms with Crippen molar-refractivity contribution < 1.29 is 9.18 Å². The van der Waals surface area contributed by atoms with Crippen LogP contribution in [-0.2, 0) is 4.79 Å². The smallest absolute Gasteiger partial charge is 0.240 e. The van der Waals surface area contributed by atoms with E-state index >= 15 is 0 Å². The summed E-state index contributed by atoms with van der Waals surface area (Å²) in [6.45, 7) is 2.38. The molecule has 3 rings (SSSR count). The van der Waals surface area contributed by atoms with E-state index in [1.807, 2.05) is 0 Å². The number of carbonyl (C=O) groups is 1. The largest absolute Gasteiger partial charge is 0.301 e. The minimum atomic E-state index is -0.285. The molecule has 1 aromatic carbocycles. The second kappa shape index (κ2) is 5.85. The van der Waals surface area contributed by atoms with Gasteiger partial charge in [-0.3, -0.25) is 9.69 Å². The summed E-state index contributed by atoms with van der Waals surface area (Å²) in [4.78, 5) is 18.4. The van der Waals surface area contributed by atoms with Crippen molar-refractivity contribution >= 4 is 32.6 Å². The Morgan fingerprint density at radius 3 is 2.95 bits per heavy atom. The van der Waals surface area contributed by atoms with Crippen LogP contribution >= 0.6 is 11.3 Å². The van der Waals surface area contributed by atoms with Crippen molar-refractivity contribution in [2.75, 3.05) is 25.0 Å². The number of nitrogens with one attached hydrogen (secondary N) is 1. The summed E-state index contributed by atoms with van der Waals surface area (Å²) in [5.74, 6) is -0.334. The average molecular weight is 293 g/mol. The molecule has 1 fully saturated rings. The topological polar surface area (TPSA) is 45.2 Å². The van der Waals surface area contributed by atoms with Gasteiger partial charge < -0.3 is 5.32 Å². The lowest BCUT2D eigenvalue weighted by molar-refractivity contribution is -0.117. The van der Waals surface area contributed by atoms with Gasteiger partial charge >= 0.3 is 0 Å². The van der Waals surface area contributed by atoms with Gasteiger partial charge in [-0.2, -0.15) is 0 Å². The fourth-order valence-electron chi connectivity index (χ4n) is 2.43. The maximum atomic E-state index is 13.1. The average Bonchev–Trinajstić information content (AvgIpc) is 2.80. The van der Waals surface area contributed by atoms with E-state index in [0.29, 0.717) is 17.2 Å². The second-order valence-corrected chi connectivity index (χ2v) is 6.05. The lowest BCUT2D eigenvalue weighted by Crippen LogP contribution is -2.36. The first-order chi connectivity index (χ1) is 9.70. The number of nitrogens with zero attached hydrogens (tertiary/aromatic N) is 2. The molecule has 2 aromatic rings. The van der Waals surface area contributed by atoms with Crippen molar-refractivity contribution in [2.45, 2.75) is 19.3 Å². The van der Waals surface area contributed by atoms with Crippen molar-refractivity contribution in [3.05, 3.63) is 24.0 Å². The highest BCUT2D eigenvalue weighted by Crippen LogP contribution is 2.26. The molecule has 0 radical (unpaired) electrons. The van der Waals surface area contributed by atoms with Gasteiger partial charge in [0.1, 0.15) is 5.82 Å². The number of hydrogen-bond donors (Lipinski definition) is 1. The number of thiazole rings is 1. The number of likely N-dealkylation sites (tertiary alicyclic amines) is 1. The van der Waals surface area contributed by atoms with Crippen molar-refractivity contribution in [2.24, 2.45) is 0 Å². The Bertz CT molecular complexity index is 622. The summed E-state index contributed by atoms with van der Waals surface area (Å²) >= 11 is 1.30. The van der Waals surface area contributed by atoms with E-state index in [9.17, 15) is 9.18 Å². The van der Waals surface area contributed by atoms with Gasteiger partial charge in [0, 0.05) is 0 Å². The predicted molar refractivity (Wildman–Crippen MR) is 78.5 cm³/mol. The molecule has 0 spiro atoms. The number of fused-ring (bicyclic) bond motifs is 1. The van der Waals surface area contributed by atoms with Crippen molar-refractivity contribution in [1.82, 2.24) is 9.88 Å². The maximum absolute atomic E-state index is 13.1. The van der Waals surface area contributed by atoms with Gasteiger partial charge in [0.15, 0.2) is 5.13 Å². The molecule has 106 valence electrons. The van der Waals surface area contributed by atoms with Gasteiger partial charge in [0.25, 0.3) is 0 Å². The quantitative estimate of drug-likeness (QED) is 0.946. The number of benzene rings is 1. The Kier molecular flexibility index (Phi) is 3.93. The molecule has 0 aliphatic carbocycles. The molecule has 0 atom stereocenters. The summed E-state index contributed by atoms with van der Waals surface area (Å²) in [5, 5.41) is 3.34. The molecule has 1 aliphatic rings. The predicted octanol–water partition coefficient (Wildman–Crippen LogP) is 2.86. The van der Waals surface area contributed by atoms with Crippen molar-refractivity contribution in [3.8, 4) is 0 Å². The minimum Gasteiger partial charge on any atom is -0.301 e. The first-order valence-electron chi connectivity index (χ1n) is 6.79. The lowest BCUT2D eigenvalue weighted by atomic mass is 10.1. The molecule has 1 amide bonds. The van der Waals surface area contributed by atoms with Crippen LogP contribution in [0.1, 0.15) is 19.3 Å². The van der Waals surface area contributed by atoms with Crippen molar-refractivity contribution in [1.29, 1.82) is 0 Å². The van der Waals surface area contributed by atoms with Gasteiger partial charge in [-0.05, 0) is 44.1 Å². The first-order valence-corrected chi connectivity index (χ1v) is 7.61. The zero-order chi connectivity index (χ0) is 13.9. The Balaban J connectivity index is 1.64. The van der Waals surface area contributed by atoms with Gasteiger partial charge in [0.2, 0.25) is 5.91 Å². The van der Waals surface area contributed by atoms with E-state index in [1.165, 1.54) is 29.9 Å². The number of carbonyl (C=O) groups excluding carboxylic acids is 1. The summed E-state index contributed by atoms with van der Waals surface area (Å²) in [5.41, 5.74) is 0.713. The van der Waals surface area contributed by atoms with E-state index in [0.717, 1.165) is 30.6 Å². The van der Waals surface area contributed by atoms with Crippen LogP contribution in [0.5, 0.6) is 0 Å². The Morgan fingerprint density at radius 1 is 1.35 bits per heavy atom. The van der Waals surface area contributed by atoms with Crippen LogP contribution in [0.25, 0.3) is 10.2 Å². The molecular formula is C14H16FN3OS. The zero-order valence-corrected chi connectivity index (χ0v) is 11.9. The highest BCUT2D eigenvalue weighted by Gasteiger charge is 2.15. The standard InChI is InChI=1S/C14H16FN3OS/c15-10-4-5-11-12(8-10)20-14(16-11)17-13(19)9-18-6-2-1-3-7-18/h4-5,8H,1-3,6-7,9H2,(H,16,17,19). The van der Waals surface area contributed by atoms with Crippen molar-refractivity contribution in [3.63, 3.8) is 0 Å². The summed E-state index contributed by atoms with van der Waals surface area (Å²) in [7, 11) is 0. The summed E-state index contributed by atoms with van der Waals surface area (Å²) in [6, 6.07) is 4.44. The summed E-state index contributed by atoms with van der Waals surface area (Å²) in [6.07, 6.45) is 3.57. The molecule has 6 heteroatoms. The van der Waals surface area contributed by atoms with Crippen LogP contribution in [0.2, 0.25) is 0 Å². The van der Waals surface area contributed by atoms with Gasteiger partial charge in [-0.1, -0.05) is 17.8 Å². The Hall–Kier alpha value is -1.53. The molecule has 0 unspecified atom stereocenters. The molecule has 0 saturated carbocycles. The third kappa shape index (κ3) is 3.13. The monoisotopic (exact) mass is 293 g/mol. The molecule has 1 saturated heterocycles. The maximum Gasteiger partial charge on any atom is 0.240 e. The third-order valence-corrected chi connectivity index (χ3v) is 4.35. The van der Waals surface area contributed by atoms with E-state index in [1.54, 1.807) is 6.07 Å². The highest BCUT2D eigenvalue weighted by atomic mass is 32.1. The molecular weight excluding hydrogens is 277 g/mol. The minimum absolute atomic E-state index is 0.0496. The van der Waals surface area contributed by atoms with E-state index in [2.05, 4.69) is 15.2 Å². The zero-order valence-electron chi connectivity index (χ0n) is 11.1. The number of aromatic nitrogens is 1. The van der Waals surface area contributed by atoms with Gasteiger partial charge in [0.05, 0.1) is 16.8 Å². The number of rotatable bonds is 3. The number of anilines is 1. The Morgan fingerprint density at radius 2 is 2.15 bits per heavy atom. The van der Waals surface area contributed by atoms with Gasteiger partial charge in [-0.25, -0.2) is 9.37 Å². The number of hydrogen-bond acceptors (Lipinski definition) is 4. The third-order valence-electron chi connectivity index (χ3n) is 3.41. The normalized spacial score (nSPS) is 16.4. The van der Waals surface area contributed by atoms with Crippen LogP contribution in [0.3, 0.4) is 0 Å². The van der Waals surface area contributed by atoms with Crippen LogP contribution in [0.4, 0.5) is 9.52 Å². The molecule has 1 N–H and O–H groups in total. The fourth-order valence-corrected chi connectivity index (χ4v) is 3.34. The molecule has 1 aromatic heterocycles. The highest BCUT2D eigenvalue weighted by molar-refractivity contribution is 7.22. The molecule has 20 heavy (non-hydrogen) atoms. The molecule has 2 heterocycles. The number of amides is 1. The number of piperidine rings is 1. The van der Waals surface area contributed by atoms with Crippen LogP contribution in [0, 0.1) is 5.82 Å².